The van der Waals surface area contributed by atoms with E-state index in [1.807, 2.05) is 24.3 Å². The number of aliphatic hydroxyl groups is 1. The molecular weight excluding hydrogens is 361 g/mol. The highest BCUT2D eigenvalue weighted by Gasteiger charge is 2.14. The van der Waals surface area contributed by atoms with Crippen molar-refractivity contribution in [1.82, 2.24) is 0 Å². The maximum absolute atomic E-state index is 10.8. The van der Waals surface area contributed by atoms with Crippen molar-refractivity contribution < 1.29 is 14.8 Å². The Kier molecular flexibility index (Phi) is 4.33. The molecule has 5 nitrogen and oxygen atoms in total. The number of hydrogen-bond donors (Lipinski definition) is 1. The van der Waals surface area contributed by atoms with Crippen LogP contribution in [0, 0.1) is 13.7 Å². The highest BCUT2D eigenvalue weighted by atomic mass is 127. The lowest BCUT2D eigenvalue weighted by molar-refractivity contribution is -0.385. The molecule has 0 aliphatic rings. The third-order valence-electron chi connectivity index (χ3n) is 2.48. The average molecular weight is 371 g/mol. The first kappa shape index (κ1) is 13.8. The van der Waals surface area contributed by atoms with Crippen molar-refractivity contribution in [3.8, 4) is 11.5 Å². The molecule has 2 rings (SSSR count). The minimum absolute atomic E-state index is 0.113. The smallest absolute Gasteiger partial charge is 0.275 e. The third-order valence-corrected chi connectivity index (χ3v) is 3.37. The first-order valence-corrected chi connectivity index (χ1v) is 6.50. The van der Waals surface area contributed by atoms with Crippen molar-refractivity contribution in [2.75, 3.05) is 0 Å². The van der Waals surface area contributed by atoms with Crippen LogP contribution in [0.15, 0.2) is 42.5 Å². The van der Waals surface area contributed by atoms with E-state index in [-0.39, 0.29) is 11.3 Å². The number of benzene rings is 2. The van der Waals surface area contributed by atoms with Gasteiger partial charge in [-0.1, -0.05) is 12.1 Å². The largest absolute Gasteiger partial charge is 0.456 e. The SMILES string of the molecule is O=[N+]([O-])c1ccc(Oc2ccccc2I)cc1CO. The molecule has 0 saturated heterocycles. The molecule has 0 spiro atoms. The maximum Gasteiger partial charge on any atom is 0.275 e. The van der Waals surface area contributed by atoms with Gasteiger partial charge >= 0.3 is 0 Å². The van der Waals surface area contributed by atoms with Gasteiger partial charge in [0.25, 0.3) is 5.69 Å². The highest BCUT2D eigenvalue weighted by molar-refractivity contribution is 14.1. The normalized spacial score (nSPS) is 10.2. The van der Waals surface area contributed by atoms with Gasteiger partial charge in [0, 0.05) is 6.07 Å². The van der Waals surface area contributed by atoms with Crippen LogP contribution in [0.4, 0.5) is 5.69 Å². The molecule has 0 aliphatic carbocycles. The number of ether oxygens (including phenoxy) is 1. The van der Waals surface area contributed by atoms with E-state index in [1.165, 1.54) is 18.2 Å². The van der Waals surface area contributed by atoms with Crippen LogP contribution < -0.4 is 4.74 Å². The van der Waals surface area contributed by atoms with Crippen LogP contribution in [0.25, 0.3) is 0 Å². The Balaban J connectivity index is 2.32. The fourth-order valence-corrected chi connectivity index (χ4v) is 2.08. The predicted octanol–water partition coefficient (Wildman–Crippen LogP) is 3.48. The lowest BCUT2D eigenvalue weighted by atomic mass is 10.2. The fraction of sp³-hybridized carbons (Fsp3) is 0.0769. The lowest BCUT2D eigenvalue weighted by Gasteiger charge is -2.08. The second-order valence-corrected chi connectivity index (χ2v) is 4.90. The summed E-state index contributed by atoms with van der Waals surface area (Å²) in [5.41, 5.74) is 0.117. The Labute approximate surface area is 123 Å². The summed E-state index contributed by atoms with van der Waals surface area (Å²) in [6.45, 7) is -0.403. The second kappa shape index (κ2) is 5.98. The zero-order chi connectivity index (χ0) is 13.8. The first-order chi connectivity index (χ1) is 9.11. The van der Waals surface area contributed by atoms with E-state index < -0.39 is 11.5 Å². The van der Waals surface area contributed by atoms with E-state index in [0.29, 0.717) is 11.5 Å². The summed E-state index contributed by atoms with van der Waals surface area (Å²) in [4.78, 5) is 10.2. The van der Waals surface area contributed by atoms with Gasteiger partial charge in [0.2, 0.25) is 0 Å². The number of rotatable bonds is 4. The Hall–Kier alpha value is -1.67. The Morgan fingerprint density at radius 1 is 1.26 bits per heavy atom. The van der Waals surface area contributed by atoms with Crippen LogP contribution in [0.2, 0.25) is 0 Å². The molecule has 0 saturated carbocycles. The number of para-hydroxylation sites is 1. The van der Waals surface area contributed by atoms with E-state index >= 15 is 0 Å². The summed E-state index contributed by atoms with van der Waals surface area (Å²) >= 11 is 2.14. The van der Waals surface area contributed by atoms with Crippen molar-refractivity contribution in [2.45, 2.75) is 6.61 Å². The van der Waals surface area contributed by atoms with Gasteiger partial charge in [-0.05, 0) is 46.9 Å². The average Bonchev–Trinajstić information content (AvgIpc) is 2.41. The van der Waals surface area contributed by atoms with Crippen molar-refractivity contribution in [2.24, 2.45) is 0 Å². The molecule has 19 heavy (non-hydrogen) atoms. The van der Waals surface area contributed by atoms with Gasteiger partial charge in [-0.3, -0.25) is 10.1 Å². The van der Waals surface area contributed by atoms with Crippen LogP contribution in [0.3, 0.4) is 0 Å². The molecule has 0 fully saturated rings. The molecule has 2 aromatic rings. The molecule has 1 N–H and O–H groups in total. The number of nitro benzene ring substituents is 1. The van der Waals surface area contributed by atoms with Crippen LogP contribution in [0.1, 0.15) is 5.56 Å². The standard InChI is InChI=1S/C13H10INO4/c14-11-3-1-2-4-13(11)19-10-5-6-12(15(17)18)9(7-10)8-16/h1-7,16H,8H2. The van der Waals surface area contributed by atoms with Crippen LogP contribution >= 0.6 is 22.6 Å². The third kappa shape index (κ3) is 3.21. The zero-order valence-electron chi connectivity index (χ0n) is 9.75. The summed E-state index contributed by atoms with van der Waals surface area (Å²) in [6.07, 6.45) is 0. The molecular formula is C13H10INO4. The molecule has 0 bridgehead atoms. The van der Waals surface area contributed by atoms with Gasteiger partial charge in [0.15, 0.2) is 0 Å². The molecule has 0 unspecified atom stereocenters. The Morgan fingerprint density at radius 3 is 2.63 bits per heavy atom. The van der Waals surface area contributed by atoms with Gasteiger partial charge in [-0.2, -0.15) is 0 Å². The van der Waals surface area contributed by atoms with Gasteiger partial charge in [0.05, 0.1) is 20.7 Å². The van der Waals surface area contributed by atoms with E-state index in [9.17, 15) is 10.1 Å². The Bertz CT molecular complexity index is 615. The number of nitrogens with zero attached hydrogens (tertiary/aromatic N) is 1. The molecule has 0 heterocycles. The monoisotopic (exact) mass is 371 g/mol. The van der Waals surface area contributed by atoms with Gasteiger partial charge in [-0.25, -0.2) is 0 Å². The van der Waals surface area contributed by atoms with Crippen molar-refractivity contribution in [3.05, 3.63) is 61.7 Å². The summed E-state index contributed by atoms with van der Waals surface area (Å²) < 4.78 is 6.58. The summed E-state index contributed by atoms with van der Waals surface area (Å²) in [7, 11) is 0. The molecule has 0 amide bonds. The van der Waals surface area contributed by atoms with Gasteiger partial charge in [0.1, 0.15) is 11.5 Å². The van der Waals surface area contributed by atoms with Crippen LogP contribution in [0.5, 0.6) is 11.5 Å². The van der Waals surface area contributed by atoms with Crippen LogP contribution in [-0.2, 0) is 6.61 Å². The van der Waals surface area contributed by atoms with Gasteiger partial charge < -0.3 is 9.84 Å². The summed E-state index contributed by atoms with van der Waals surface area (Å²) in [5, 5.41) is 19.9. The molecule has 0 aromatic heterocycles. The lowest BCUT2D eigenvalue weighted by Crippen LogP contribution is -1.96. The number of halogens is 1. The highest BCUT2D eigenvalue weighted by Crippen LogP contribution is 2.30. The predicted molar refractivity (Wildman–Crippen MR) is 78.3 cm³/mol. The Morgan fingerprint density at radius 2 is 2.00 bits per heavy atom. The van der Waals surface area contributed by atoms with Crippen molar-refractivity contribution in [3.63, 3.8) is 0 Å². The minimum atomic E-state index is -0.526. The molecule has 0 atom stereocenters. The summed E-state index contributed by atoms with van der Waals surface area (Å²) in [6, 6.07) is 11.8. The van der Waals surface area contributed by atoms with E-state index in [4.69, 9.17) is 9.84 Å². The fourth-order valence-electron chi connectivity index (χ4n) is 1.58. The molecule has 2 aromatic carbocycles. The van der Waals surface area contributed by atoms with E-state index in [1.54, 1.807) is 0 Å². The molecule has 0 aliphatic heterocycles. The molecule has 0 radical (unpaired) electrons. The van der Waals surface area contributed by atoms with Gasteiger partial charge in [-0.15, -0.1) is 0 Å². The van der Waals surface area contributed by atoms with E-state index in [0.717, 1.165) is 3.57 Å². The number of nitro groups is 1. The maximum atomic E-state index is 10.8. The van der Waals surface area contributed by atoms with E-state index in [2.05, 4.69) is 22.6 Å². The number of aliphatic hydroxyl groups excluding tert-OH is 1. The number of hydrogen-bond acceptors (Lipinski definition) is 4. The minimum Gasteiger partial charge on any atom is -0.456 e. The second-order valence-electron chi connectivity index (χ2n) is 3.74. The topological polar surface area (TPSA) is 72.6 Å². The van der Waals surface area contributed by atoms with Crippen molar-refractivity contribution in [1.29, 1.82) is 0 Å². The molecule has 6 heteroatoms. The first-order valence-electron chi connectivity index (χ1n) is 5.42. The summed E-state index contributed by atoms with van der Waals surface area (Å²) in [5.74, 6) is 1.12. The van der Waals surface area contributed by atoms with Crippen LogP contribution in [-0.4, -0.2) is 10.0 Å². The van der Waals surface area contributed by atoms with Crippen molar-refractivity contribution >= 4 is 28.3 Å². The quantitative estimate of drug-likeness (QED) is 0.508. The zero-order valence-corrected chi connectivity index (χ0v) is 11.9. The molecule has 98 valence electrons.